The fourth-order valence-corrected chi connectivity index (χ4v) is 2.43. The Morgan fingerprint density at radius 3 is 2.75 bits per heavy atom. The Morgan fingerprint density at radius 1 is 1.50 bits per heavy atom. The standard InChI is InChI=1S/C13H27NO2/c1-10(9-13(3,4)15-5)14-12-6-7-16-11(2)8-12/h10-12,14H,6-9H2,1-5H3. The number of ether oxygens (including phenoxy) is 2. The first-order valence-corrected chi connectivity index (χ1v) is 6.36. The van der Waals surface area contributed by atoms with E-state index in [1.54, 1.807) is 7.11 Å². The van der Waals surface area contributed by atoms with E-state index in [2.05, 4.69) is 33.0 Å². The summed E-state index contributed by atoms with van der Waals surface area (Å²) in [6.45, 7) is 9.55. The zero-order valence-corrected chi connectivity index (χ0v) is 11.4. The Balaban J connectivity index is 2.30. The van der Waals surface area contributed by atoms with Crippen molar-refractivity contribution in [1.82, 2.24) is 5.32 Å². The largest absolute Gasteiger partial charge is 0.379 e. The predicted octanol–water partition coefficient (Wildman–Crippen LogP) is 2.35. The van der Waals surface area contributed by atoms with E-state index in [-0.39, 0.29) is 5.60 Å². The summed E-state index contributed by atoms with van der Waals surface area (Å²) in [5, 5.41) is 3.68. The van der Waals surface area contributed by atoms with Crippen LogP contribution in [0.25, 0.3) is 0 Å². The second-order valence-electron chi connectivity index (χ2n) is 5.64. The number of rotatable bonds is 5. The third-order valence-electron chi connectivity index (χ3n) is 3.36. The van der Waals surface area contributed by atoms with Gasteiger partial charge in [0.25, 0.3) is 0 Å². The zero-order chi connectivity index (χ0) is 12.2. The molecule has 1 rings (SSSR count). The lowest BCUT2D eigenvalue weighted by Gasteiger charge is -2.33. The Kier molecular flexibility index (Phi) is 5.22. The van der Waals surface area contributed by atoms with E-state index in [0.717, 1.165) is 25.9 Å². The van der Waals surface area contributed by atoms with E-state index in [0.29, 0.717) is 18.2 Å². The maximum Gasteiger partial charge on any atom is 0.0637 e. The van der Waals surface area contributed by atoms with E-state index in [1.165, 1.54) is 0 Å². The van der Waals surface area contributed by atoms with Crippen LogP contribution in [0.4, 0.5) is 0 Å². The van der Waals surface area contributed by atoms with Crippen LogP contribution < -0.4 is 5.32 Å². The van der Waals surface area contributed by atoms with Gasteiger partial charge in [0, 0.05) is 25.8 Å². The third-order valence-corrected chi connectivity index (χ3v) is 3.36. The second-order valence-corrected chi connectivity index (χ2v) is 5.64. The molecule has 1 aliphatic rings. The van der Waals surface area contributed by atoms with E-state index < -0.39 is 0 Å². The van der Waals surface area contributed by atoms with Crippen molar-refractivity contribution in [2.75, 3.05) is 13.7 Å². The summed E-state index contributed by atoms with van der Waals surface area (Å²) < 4.78 is 11.0. The van der Waals surface area contributed by atoms with E-state index in [1.807, 2.05) is 0 Å². The van der Waals surface area contributed by atoms with Gasteiger partial charge >= 0.3 is 0 Å². The van der Waals surface area contributed by atoms with Gasteiger partial charge in [-0.2, -0.15) is 0 Å². The molecule has 3 heteroatoms. The molecule has 1 fully saturated rings. The molecule has 3 nitrogen and oxygen atoms in total. The van der Waals surface area contributed by atoms with Gasteiger partial charge in [-0.1, -0.05) is 0 Å². The molecule has 3 unspecified atom stereocenters. The minimum atomic E-state index is -0.0385. The van der Waals surface area contributed by atoms with Gasteiger partial charge in [-0.3, -0.25) is 0 Å². The molecule has 0 aromatic heterocycles. The number of hydrogen-bond acceptors (Lipinski definition) is 3. The molecule has 0 spiro atoms. The fourth-order valence-electron chi connectivity index (χ4n) is 2.43. The Bertz CT molecular complexity index is 206. The number of nitrogens with one attached hydrogen (secondary N) is 1. The molecule has 1 saturated heterocycles. The van der Waals surface area contributed by atoms with Crippen LogP contribution in [0.15, 0.2) is 0 Å². The van der Waals surface area contributed by atoms with Crippen molar-refractivity contribution < 1.29 is 9.47 Å². The van der Waals surface area contributed by atoms with E-state index in [9.17, 15) is 0 Å². The molecule has 3 atom stereocenters. The van der Waals surface area contributed by atoms with Crippen LogP contribution in [-0.4, -0.2) is 37.5 Å². The molecule has 0 aromatic rings. The first kappa shape index (κ1) is 13.9. The van der Waals surface area contributed by atoms with Crippen molar-refractivity contribution in [3.05, 3.63) is 0 Å². The highest BCUT2D eigenvalue weighted by Gasteiger charge is 2.24. The Labute approximate surface area is 99.9 Å². The summed E-state index contributed by atoms with van der Waals surface area (Å²) in [4.78, 5) is 0. The quantitative estimate of drug-likeness (QED) is 0.785. The summed E-state index contributed by atoms with van der Waals surface area (Å²) >= 11 is 0. The molecule has 0 amide bonds. The van der Waals surface area contributed by atoms with Gasteiger partial charge in [0.2, 0.25) is 0 Å². The second kappa shape index (κ2) is 5.99. The van der Waals surface area contributed by atoms with Crippen molar-refractivity contribution in [3.63, 3.8) is 0 Å². The minimum Gasteiger partial charge on any atom is -0.379 e. The Morgan fingerprint density at radius 2 is 2.19 bits per heavy atom. The summed E-state index contributed by atoms with van der Waals surface area (Å²) in [5.74, 6) is 0. The number of hydrogen-bond donors (Lipinski definition) is 1. The van der Waals surface area contributed by atoms with E-state index in [4.69, 9.17) is 9.47 Å². The molecule has 1 N–H and O–H groups in total. The molecule has 0 aromatic carbocycles. The van der Waals surface area contributed by atoms with Gasteiger partial charge in [0.05, 0.1) is 11.7 Å². The molecule has 0 saturated carbocycles. The molecule has 0 bridgehead atoms. The van der Waals surface area contributed by atoms with Crippen LogP contribution in [0.1, 0.15) is 47.0 Å². The van der Waals surface area contributed by atoms with Crippen LogP contribution >= 0.6 is 0 Å². The lowest BCUT2D eigenvalue weighted by atomic mass is 9.97. The van der Waals surface area contributed by atoms with E-state index >= 15 is 0 Å². The summed E-state index contributed by atoms with van der Waals surface area (Å²) in [5.41, 5.74) is -0.0385. The van der Waals surface area contributed by atoms with Gasteiger partial charge < -0.3 is 14.8 Å². The number of methoxy groups -OCH3 is 1. The highest BCUT2D eigenvalue weighted by atomic mass is 16.5. The van der Waals surface area contributed by atoms with Crippen LogP contribution in [0.5, 0.6) is 0 Å². The van der Waals surface area contributed by atoms with Crippen LogP contribution in [-0.2, 0) is 9.47 Å². The summed E-state index contributed by atoms with van der Waals surface area (Å²) in [7, 11) is 1.78. The molecular formula is C13H27NO2. The maximum absolute atomic E-state index is 5.55. The summed E-state index contributed by atoms with van der Waals surface area (Å²) in [6, 6.07) is 1.09. The van der Waals surface area contributed by atoms with Gasteiger partial charge in [-0.05, 0) is 47.0 Å². The van der Waals surface area contributed by atoms with Crippen molar-refractivity contribution in [1.29, 1.82) is 0 Å². The first-order chi connectivity index (χ1) is 7.43. The fraction of sp³-hybridized carbons (Fsp3) is 1.00. The third kappa shape index (κ3) is 4.81. The van der Waals surface area contributed by atoms with Gasteiger partial charge in [0.1, 0.15) is 0 Å². The van der Waals surface area contributed by atoms with Crippen molar-refractivity contribution in [2.45, 2.75) is 70.7 Å². The van der Waals surface area contributed by atoms with Crippen molar-refractivity contribution >= 4 is 0 Å². The highest BCUT2D eigenvalue weighted by Crippen LogP contribution is 2.18. The summed E-state index contributed by atoms with van der Waals surface area (Å²) in [6.07, 6.45) is 3.68. The van der Waals surface area contributed by atoms with Crippen molar-refractivity contribution in [2.24, 2.45) is 0 Å². The molecule has 0 aliphatic carbocycles. The van der Waals surface area contributed by atoms with Crippen LogP contribution in [0, 0.1) is 0 Å². The SMILES string of the molecule is COC(C)(C)CC(C)NC1CCOC(C)C1. The van der Waals surface area contributed by atoms with Crippen LogP contribution in [0.2, 0.25) is 0 Å². The van der Waals surface area contributed by atoms with Gasteiger partial charge in [-0.15, -0.1) is 0 Å². The predicted molar refractivity (Wildman–Crippen MR) is 66.7 cm³/mol. The first-order valence-electron chi connectivity index (χ1n) is 6.36. The minimum absolute atomic E-state index is 0.0385. The molecular weight excluding hydrogens is 202 g/mol. The average Bonchev–Trinajstić information content (AvgIpc) is 2.16. The van der Waals surface area contributed by atoms with Gasteiger partial charge in [-0.25, -0.2) is 0 Å². The molecule has 1 heterocycles. The normalized spacial score (nSPS) is 29.1. The molecule has 0 radical (unpaired) electrons. The lowest BCUT2D eigenvalue weighted by molar-refractivity contribution is -0.00391. The lowest BCUT2D eigenvalue weighted by Crippen LogP contribution is -2.45. The molecule has 16 heavy (non-hydrogen) atoms. The monoisotopic (exact) mass is 229 g/mol. The smallest absolute Gasteiger partial charge is 0.0637 e. The maximum atomic E-state index is 5.55. The van der Waals surface area contributed by atoms with Gasteiger partial charge in [0.15, 0.2) is 0 Å². The highest BCUT2D eigenvalue weighted by molar-refractivity contribution is 4.81. The van der Waals surface area contributed by atoms with Crippen molar-refractivity contribution in [3.8, 4) is 0 Å². The zero-order valence-electron chi connectivity index (χ0n) is 11.4. The topological polar surface area (TPSA) is 30.5 Å². The molecule has 1 aliphatic heterocycles. The van der Waals surface area contributed by atoms with Crippen LogP contribution in [0.3, 0.4) is 0 Å². The average molecular weight is 229 g/mol. The Hall–Kier alpha value is -0.120. The molecule has 96 valence electrons.